The van der Waals surface area contributed by atoms with Gasteiger partial charge < -0.3 is 4.74 Å². The highest BCUT2D eigenvalue weighted by Gasteiger charge is 2.13. The van der Waals surface area contributed by atoms with Crippen LogP contribution in [-0.4, -0.2) is 28.7 Å². The molecule has 3 rings (SSSR count). The molecule has 37 heavy (non-hydrogen) atoms. The van der Waals surface area contributed by atoms with E-state index in [1.807, 2.05) is 12.4 Å². The predicted molar refractivity (Wildman–Crippen MR) is 148 cm³/mol. The summed E-state index contributed by atoms with van der Waals surface area (Å²) in [7, 11) is 0. The molecule has 0 N–H and O–H groups in total. The summed E-state index contributed by atoms with van der Waals surface area (Å²) in [6.45, 7) is 4.16. The van der Waals surface area contributed by atoms with Crippen LogP contribution in [0.2, 0.25) is 0 Å². The molecule has 0 bridgehead atoms. The number of ether oxygens (including phenoxy) is 1. The number of hydrogen-bond donors (Lipinski definition) is 0. The van der Waals surface area contributed by atoms with E-state index in [0.717, 1.165) is 56.1 Å². The molecule has 198 valence electrons. The van der Waals surface area contributed by atoms with E-state index in [2.05, 4.69) is 48.1 Å². The molecule has 2 aromatic carbocycles. The molecule has 0 fully saturated rings. The van der Waals surface area contributed by atoms with Crippen molar-refractivity contribution in [2.75, 3.05) is 6.61 Å². The van der Waals surface area contributed by atoms with Gasteiger partial charge in [-0.3, -0.25) is 0 Å². The molecule has 3 aromatic rings. The van der Waals surface area contributed by atoms with Gasteiger partial charge in [0.1, 0.15) is 12.8 Å². The average molecular weight is 505 g/mol. The van der Waals surface area contributed by atoms with E-state index in [1.165, 1.54) is 30.4 Å². The minimum absolute atomic E-state index is 0.194. The summed E-state index contributed by atoms with van der Waals surface area (Å²) < 4.78 is 19.1. The normalized spacial score (nSPS) is 11.9. The second-order valence-corrected chi connectivity index (χ2v) is 9.81. The Bertz CT molecular complexity index is 1050. The van der Waals surface area contributed by atoms with Crippen molar-refractivity contribution >= 4 is 5.97 Å². The molecule has 0 aliphatic carbocycles. The smallest absolute Gasteiger partial charge is 0.338 e. The van der Waals surface area contributed by atoms with Gasteiger partial charge in [-0.05, 0) is 60.9 Å². The van der Waals surface area contributed by atoms with Gasteiger partial charge in [-0.15, -0.1) is 0 Å². The predicted octanol–water partition coefficient (Wildman–Crippen LogP) is 8.13. The minimum atomic E-state index is -1.11. The maximum atomic E-state index is 13.9. The molecule has 4 nitrogen and oxygen atoms in total. The minimum Gasteiger partial charge on any atom is -0.459 e. The summed E-state index contributed by atoms with van der Waals surface area (Å²) >= 11 is 0. The molecule has 0 saturated heterocycles. The van der Waals surface area contributed by atoms with E-state index in [1.54, 1.807) is 24.3 Å². The lowest BCUT2D eigenvalue weighted by Crippen LogP contribution is -2.15. The van der Waals surface area contributed by atoms with Crippen molar-refractivity contribution in [3.8, 4) is 11.4 Å². The summed E-state index contributed by atoms with van der Waals surface area (Å²) in [5.41, 5.74) is 5.04. The molecule has 1 atom stereocenters. The van der Waals surface area contributed by atoms with E-state index in [0.29, 0.717) is 17.8 Å². The van der Waals surface area contributed by atoms with Crippen LogP contribution in [0.5, 0.6) is 0 Å². The molecule has 1 heterocycles. The van der Waals surface area contributed by atoms with Gasteiger partial charge >= 0.3 is 5.97 Å². The van der Waals surface area contributed by atoms with E-state index in [-0.39, 0.29) is 6.61 Å². The third-order valence-electron chi connectivity index (χ3n) is 6.64. The fraction of sp³-hybridized carbons (Fsp3) is 0.469. The van der Waals surface area contributed by atoms with Gasteiger partial charge in [0.25, 0.3) is 0 Å². The van der Waals surface area contributed by atoms with Gasteiger partial charge in [0.15, 0.2) is 5.82 Å². The summed E-state index contributed by atoms with van der Waals surface area (Å²) in [6, 6.07) is 15.9. The van der Waals surface area contributed by atoms with Gasteiger partial charge in [0.2, 0.25) is 0 Å². The first kappa shape index (κ1) is 28.5. The SMILES string of the molecule is CCCCCC[C@@H](F)COC(=O)c1ccc(-c2ncc(CCc3ccc(CCCCC)cc3)cn2)cc1. The summed E-state index contributed by atoms with van der Waals surface area (Å²) in [5, 5.41) is 0. The molecule has 5 heteroatoms. The van der Waals surface area contributed by atoms with Crippen molar-refractivity contribution in [1.29, 1.82) is 0 Å². The van der Waals surface area contributed by atoms with Crippen LogP contribution >= 0.6 is 0 Å². The number of aromatic nitrogens is 2. The van der Waals surface area contributed by atoms with Crippen molar-refractivity contribution < 1.29 is 13.9 Å². The maximum Gasteiger partial charge on any atom is 0.338 e. The summed E-state index contributed by atoms with van der Waals surface area (Å²) in [5.74, 6) is 0.101. The Morgan fingerprint density at radius 2 is 1.35 bits per heavy atom. The highest BCUT2D eigenvalue weighted by Crippen LogP contribution is 2.18. The van der Waals surface area contributed by atoms with Crippen LogP contribution in [0.15, 0.2) is 60.9 Å². The number of aryl methyl sites for hydroxylation is 3. The Labute approximate surface area is 221 Å². The van der Waals surface area contributed by atoms with Crippen LogP contribution in [0.25, 0.3) is 11.4 Å². The number of unbranched alkanes of at least 4 members (excludes halogenated alkanes) is 5. The average Bonchev–Trinajstić information content (AvgIpc) is 2.94. The monoisotopic (exact) mass is 504 g/mol. The Morgan fingerprint density at radius 3 is 2.00 bits per heavy atom. The summed E-state index contributed by atoms with van der Waals surface area (Å²) in [4.78, 5) is 21.3. The fourth-order valence-corrected chi connectivity index (χ4v) is 4.25. The quantitative estimate of drug-likeness (QED) is 0.146. The van der Waals surface area contributed by atoms with Gasteiger partial charge in [0.05, 0.1) is 5.56 Å². The van der Waals surface area contributed by atoms with E-state index >= 15 is 0 Å². The van der Waals surface area contributed by atoms with Gasteiger partial charge in [-0.1, -0.05) is 88.8 Å². The fourth-order valence-electron chi connectivity index (χ4n) is 4.25. The highest BCUT2D eigenvalue weighted by atomic mass is 19.1. The van der Waals surface area contributed by atoms with Crippen molar-refractivity contribution in [3.63, 3.8) is 0 Å². The van der Waals surface area contributed by atoms with Crippen LogP contribution in [-0.2, 0) is 24.0 Å². The number of nitrogens with zero attached hydrogens (tertiary/aromatic N) is 2. The first-order valence-corrected chi connectivity index (χ1v) is 13.9. The topological polar surface area (TPSA) is 52.1 Å². The van der Waals surface area contributed by atoms with E-state index in [9.17, 15) is 9.18 Å². The largest absolute Gasteiger partial charge is 0.459 e. The van der Waals surface area contributed by atoms with E-state index < -0.39 is 12.1 Å². The molecule has 0 saturated carbocycles. The highest BCUT2D eigenvalue weighted by molar-refractivity contribution is 5.89. The number of alkyl halides is 1. The van der Waals surface area contributed by atoms with Crippen molar-refractivity contribution in [2.24, 2.45) is 0 Å². The molecule has 0 aliphatic heterocycles. The Morgan fingerprint density at radius 1 is 0.757 bits per heavy atom. The maximum absolute atomic E-state index is 13.9. The molecular weight excluding hydrogens is 463 g/mol. The Hall–Kier alpha value is -3.08. The van der Waals surface area contributed by atoms with Crippen LogP contribution in [0.1, 0.15) is 92.3 Å². The van der Waals surface area contributed by atoms with E-state index in [4.69, 9.17) is 4.74 Å². The van der Waals surface area contributed by atoms with Crippen LogP contribution in [0.3, 0.4) is 0 Å². The second kappa shape index (κ2) is 15.9. The zero-order valence-corrected chi connectivity index (χ0v) is 22.4. The number of carbonyl (C=O) groups is 1. The number of benzene rings is 2. The zero-order chi connectivity index (χ0) is 26.3. The molecular formula is C32H41FN2O2. The number of halogens is 1. The zero-order valence-electron chi connectivity index (χ0n) is 22.4. The molecule has 0 radical (unpaired) electrons. The number of hydrogen-bond acceptors (Lipinski definition) is 4. The van der Waals surface area contributed by atoms with Gasteiger partial charge in [-0.25, -0.2) is 19.2 Å². The lowest BCUT2D eigenvalue weighted by atomic mass is 10.0. The first-order chi connectivity index (χ1) is 18.1. The Balaban J connectivity index is 1.44. The third kappa shape index (κ3) is 10.1. The molecule has 0 unspecified atom stereocenters. The molecule has 0 amide bonds. The summed E-state index contributed by atoms with van der Waals surface area (Å²) in [6.07, 6.45) is 13.9. The number of esters is 1. The first-order valence-electron chi connectivity index (χ1n) is 13.9. The molecule has 0 spiro atoms. The van der Waals surface area contributed by atoms with Crippen molar-refractivity contribution in [3.05, 3.63) is 83.2 Å². The number of rotatable bonds is 16. The van der Waals surface area contributed by atoms with Crippen LogP contribution in [0.4, 0.5) is 4.39 Å². The lowest BCUT2D eigenvalue weighted by molar-refractivity contribution is 0.0389. The lowest BCUT2D eigenvalue weighted by Gasteiger charge is -2.09. The van der Waals surface area contributed by atoms with Crippen molar-refractivity contribution in [2.45, 2.75) is 90.6 Å². The van der Waals surface area contributed by atoms with Crippen molar-refractivity contribution in [1.82, 2.24) is 9.97 Å². The van der Waals surface area contributed by atoms with Crippen LogP contribution < -0.4 is 0 Å². The molecule has 1 aromatic heterocycles. The van der Waals surface area contributed by atoms with Gasteiger partial charge in [0, 0.05) is 18.0 Å². The molecule has 0 aliphatic rings. The third-order valence-corrected chi connectivity index (χ3v) is 6.64. The van der Waals surface area contributed by atoms with Crippen LogP contribution in [0, 0.1) is 0 Å². The number of carbonyl (C=O) groups excluding carboxylic acids is 1. The van der Waals surface area contributed by atoms with Gasteiger partial charge in [-0.2, -0.15) is 0 Å². The Kier molecular flexibility index (Phi) is 12.2. The second-order valence-electron chi connectivity index (χ2n) is 9.81. The standard InChI is InChI=1S/C32H41FN2O2/c1-3-5-7-9-11-30(33)24-37-32(36)29-20-18-28(19-21-29)31-34-22-27(23-35-31)17-16-26-14-12-25(13-15-26)10-8-6-4-2/h12-15,18-23,30H,3-11,16-17,24H2,1-2H3/t30-/m1/s1.